The van der Waals surface area contributed by atoms with E-state index < -0.39 is 0 Å². The lowest BCUT2D eigenvalue weighted by molar-refractivity contribution is 0.0412. The molecule has 0 spiro atoms. The van der Waals surface area contributed by atoms with Crippen molar-refractivity contribution in [1.82, 2.24) is 4.90 Å². The zero-order chi connectivity index (χ0) is 24.4. The summed E-state index contributed by atoms with van der Waals surface area (Å²) in [5.74, 6) is 2.19. The second-order valence-corrected chi connectivity index (χ2v) is 11.4. The number of methoxy groups -OCH3 is 1. The molecule has 6 rings (SSSR count). The van der Waals surface area contributed by atoms with E-state index in [1.54, 1.807) is 7.11 Å². The van der Waals surface area contributed by atoms with Gasteiger partial charge in [-0.05, 0) is 78.6 Å². The first-order chi connectivity index (χ1) is 16.9. The Morgan fingerprint density at radius 1 is 0.943 bits per heavy atom. The second-order valence-electron chi connectivity index (χ2n) is 11.4. The Bertz CT molecular complexity index is 1130. The average Bonchev–Trinajstić information content (AvgIpc) is 2.89. The quantitative estimate of drug-likeness (QED) is 0.396. The van der Waals surface area contributed by atoms with E-state index in [1.165, 1.54) is 60.3 Å². The van der Waals surface area contributed by atoms with E-state index in [1.807, 2.05) is 0 Å². The number of benzene rings is 3. The van der Waals surface area contributed by atoms with Crippen LogP contribution in [0.25, 0.3) is 0 Å². The van der Waals surface area contributed by atoms with Crippen LogP contribution in [0.4, 0.5) is 5.69 Å². The Balaban J connectivity index is 1.48. The van der Waals surface area contributed by atoms with Crippen molar-refractivity contribution >= 4 is 5.69 Å². The fraction of sp³-hybridized carbons (Fsp3) is 0.438. The van der Waals surface area contributed by atoms with Crippen LogP contribution in [0.15, 0.2) is 72.8 Å². The highest BCUT2D eigenvalue weighted by Crippen LogP contribution is 2.43. The van der Waals surface area contributed by atoms with E-state index in [4.69, 9.17) is 4.74 Å². The number of piperidine rings is 3. The molecule has 2 bridgehead atoms. The molecule has 0 saturated carbocycles. The van der Waals surface area contributed by atoms with E-state index in [-0.39, 0.29) is 5.41 Å². The first kappa shape index (κ1) is 23.9. The Kier molecular flexibility index (Phi) is 6.88. The van der Waals surface area contributed by atoms with Gasteiger partial charge in [-0.15, -0.1) is 0 Å². The predicted octanol–water partition coefficient (Wildman–Crippen LogP) is 7.22. The fourth-order valence-electron chi connectivity index (χ4n) is 6.13. The van der Waals surface area contributed by atoms with Crippen LogP contribution < -0.4 is 10.1 Å². The molecule has 3 aromatic rings. The van der Waals surface area contributed by atoms with E-state index in [0.29, 0.717) is 12.0 Å². The van der Waals surface area contributed by atoms with Crippen molar-refractivity contribution in [1.29, 1.82) is 0 Å². The molecular weight excluding hydrogens is 428 g/mol. The summed E-state index contributed by atoms with van der Waals surface area (Å²) in [7, 11) is 1.77. The molecule has 3 aliphatic heterocycles. The summed E-state index contributed by atoms with van der Waals surface area (Å²) in [4.78, 5) is 2.75. The summed E-state index contributed by atoms with van der Waals surface area (Å²) in [6.07, 6.45) is 4.03. The van der Waals surface area contributed by atoms with Crippen molar-refractivity contribution in [2.75, 3.05) is 25.5 Å². The monoisotopic (exact) mass is 468 g/mol. The van der Waals surface area contributed by atoms with Gasteiger partial charge in [0.1, 0.15) is 5.75 Å². The molecule has 3 saturated heterocycles. The summed E-state index contributed by atoms with van der Waals surface area (Å²) in [5, 5.41) is 3.82. The lowest BCUT2D eigenvalue weighted by Crippen LogP contribution is -2.51. The van der Waals surface area contributed by atoms with Crippen molar-refractivity contribution in [3.05, 3.63) is 95.1 Å². The first-order valence-electron chi connectivity index (χ1n) is 13.2. The fourth-order valence-corrected chi connectivity index (χ4v) is 6.13. The largest absolute Gasteiger partial charge is 0.496 e. The second kappa shape index (κ2) is 10.1. The van der Waals surface area contributed by atoms with E-state index in [2.05, 4.69) is 104 Å². The topological polar surface area (TPSA) is 24.5 Å². The number of nitrogens with zero attached hydrogens (tertiary/aromatic N) is 1. The van der Waals surface area contributed by atoms with Gasteiger partial charge in [0.25, 0.3) is 0 Å². The van der Waals surface area contributed by atoms with E-state index >= 15 is 0 Å². The molecule has 0 amide bonds. The zero-order valence-corrected chi connectivity index (χ0v) is 21.8. The van der Waals surface area contributed by atoms with Crippen molar-refractivity contribution in [2.24, 2.45) is 5.92 Å². The molecule has 3 aromatic carbocycles. The summed E-state index contributed by atoms with van der Waals surface area (Å²) in [6.45, 7) is 10.0. The minimum absolute atomic E-state index is 0.103. The van der Waals surface area contributed by atoms with Crippen LogP contribution in [-0.2, 0) is 12.0 Å². The van der Waals surface area contributed by atoms with Crippen molar-refractivity contribution in [3.8, 4) is 5.75 Å². The van der Waals surface area contributed by atoms with E-state index in [0.717, 1.165) is 18.2 Å². The van der Waals surface area contributed by atoms with Gasteiger partial charge in [-0.3, -0.25) is 4.90 Å². The Morgan fingerprint density at radius 2 is 1.66 bits per heavy atom. The highest BCUT2D eigenvalue weighted by atomic mass is 16.5. The molecule has 0 aliphatic carbocycles. The molecule has 0 radical (unpaired) electrons. The van der Waals surface area contributed by atoms with Gasteiger partial charge >= 0.3 is 0 Å². The van der Waals surface area contributed by atoms with Gasteiger partial charge < -0.3 is 10.1 Å². The van der Waals surface area contributed by atoms with E-state index in [9.17, 15) is 0 Å². The van der Waals surface area contributed by atoms with Gasteiger partial charge in [0.2, 0.25) is 0 Å². The number of anilines is 1. The molecule has 184 valence electrons. The van der Waals surface area contributed by atoms with Crippen LogP contribution in [0.1, 0.15) is 68.2 Å². The maximum absolute atomic E-state index is 5.73. The SMILES string of the molecule is COc1ccc(C(C)(C)C)cc1CNc1ccccc1C(c1ccccc1)[C@H]1CC2CCN1CC2. The molecule has 3 nitrogen and oxygen atoms in total. The van der Waals surface area contributed by atoms with Crippen LogP contribution in [0.3, 0.4) is 0 Å². The molecule has 2 atom stereocenters. The van der Waals surface area contributed by atoms with Crippen LogP contribution in [0, 0.1) is 5.92 Å². The Morgan fingerprint density at radius 3 is 2.31 bits per heavy atom. The maximum atomic E-state index is 5.73. The zero-order valence-electron chi connectivity index (χ0n) is 21.8. The van der Waals surface area contributed by atoms with Crippen molar-refractivity contribution in [3.63, 3.8) is 0 Å². The molecular formula is C32H40N2O. The third-order valence-corrected chi connectivity index (χ3v) is 8.15. The number of para-hydroxylation sites is 1. The highest BCUT2D eigenvalue weighted by molar-refractivity contribution is 5.57. The van der Waals surface area contributed by atoms with Crippen LogP contribution >= 0.6 is 0 Å². The smallest absolute Gasteiger partial charge is 0.123 e. The number of hydrogen-bond donors (Lipinski definition) is 1. The molecule has 35 heavy (non-hydrogen) atoms. The normalized spacial score (nSPS) is 22.6. The number of hydrogen-bond acceptors (Lipinski definition) is 3. The highest BCUT2D eigenvalue weighted by Gasteiger charge is 2.39. The molecule has 3 fully saturated rings. The first-order valence-corrected chi connectivity index (χ1v) is 13.2. The number of nitrogens with one attached hydrogen (secondary N) is 1. The Hall–Kier alpha value is -2.78. The van der Waals surface area contributed by atoms with Gasteiger partial charge in [0, 0.05) is 29.8 Å². The molecule has 3 aliphatic rings. The van der Waals surface area contributed by atoms with Gasteiger partial charge in [-0.2, -0.15) is 0 Å². The Labute approximate surface area is 211 Å². The number of rotatable bonds is 7. The molecule has 3 heteroatoms. The lowest BCUT2D eigenvalue weighted by atomic mass is 9.73. The summed E-state index contributed by atoms with van der Waals surface area (Å²) in [5.41, 5.74) is 6.69. The summed E-state index contributed by atoms with van der Waals surface area (Å²) in [6, 6.07) is 27.3. The summed E-state index contributed by atoms with van der Waals surface area (Å²) < 4.78 is 5.73. The maximum Gasteiger partial charge on any atom is 0.123 e. The minimum Gasteiger partial charge on any atom is -0.496 e. The lowest BCUT2D eigenvalue weighted by Gasteiger charge is -2.49. The standard InChI is InChI=1S/C32H40N2O/c1-32(2,3)26-14-15-30(35-4)25(21-26)22-33-28-13-9-8-12-27(28)31(24-10-6-5-7-11-24)29-20-23-16-18-34(29)19-17-23/h5-15,21,23,29,31,33H,16-20,22H2,1-4H3/t29-,31?/m1/s1. The minimum atomic E-state index is 0.103. The van der Waals surface area contributed by atoms with Crippen LogP contribution in [0.2, 0.25) is 0 Å². The number of ether oxygens (including phenoxy) is 1. The third kappa shape index (κ3) is 5.11. The van der Waals surface area contributed by atoms with Gasteiger partial charge in [0.05, 0.1) is 7.11 Å². The van der Waals surface area contributed by atoms with Gasteiger partial charge in [0.15, 0.2) is 0 Å². The summed E-state index contributed by atoms with van der Waals surface area (Å²) >= 11 is 0. The van der Waals surface area contributed by atoms with Crippen molar-refractivity contribution in [2.45, 2.75) is 64.0 Å². The third-order valence-electron chi connectivity index (χ3n) is 8.15. The molecule has 1 unspecified atom stereocenters. The molecule has 1 N–H and O–H groups in total. The average molecular weight is 469 g/mol. The van der Waals surface area contributed by atoms with Gasteiger partial charge in [-0.1, -0.05) is 75.4 Å². The van der Waals surface area contributed by atoms with Crippen LogP contribution in [-0.4, -0.2) is 31.1 Å². The van der Waals surface area contributed by atoms with Crippen LogP contribution in [0.5, 0.6) is 5.75 Å². The molecule has 3 heterocycles. The number of fused-ring (bicyclic) bond motifs is 3. The molecule has 0 aromatic heterocycles. The predicted molar refractivity (Wildman–Crippen MR) is 146 cm³/mol. The van der Waals surface area contributed by atoms with Gasteiger partial charge in [-0.25, -0.2) is 0 Å². The van der Waals surface area contributed by atoms with Crippen molar-refractivity contribution < 1.29 is 4.74 Å².